The fraction of sp³-hybridized carbons (Fsp3) is 0.412. The molecule has 0 aliphatic heterocycles. The Kier molecular flexibility index (Phi) is 7.41. The number of ether oxygens (including phenoxy) is 1. The van der Waals surface area contributed by atoms with Crippen molar-refractivity contribution in [1.29, 1.82) is 0 Å². The Morgan fingerprint density at radius 2 is 1.96 bits per heavy atom. The molecule has 0 unspecified atom stereocenters. The summed E-state index contributed by atoms with van der Waals surface area (Å²) in [5, 5.41) is 17.1. The maximum absolute atomic E-state index is 11.7. The van der Waals surface area contributed by atoms with Crippen LogP contribution < -0.4 is 5.32 Å². The molecule has 0 saturated heterocycles. The molecular weight excluding hydrogens is 356 g/mol. The van der Waals surface area contributed by atoms with Crippen LogP contribution in [0.25, 0.3) is 11.4 Å². The highest BCUT2D eigenvalue weighted by Crippen LogP contribution is 2.20. The van der Waals surface area contributed by atoms with Crippen molar-refractivity contribution in [1.82, 2.24) is 15.5 Å². The number of benzene rings is 1. The number of carbonyl (C=O) groups is 2. The zero-order valence-corrected chi connectivity index (χ0v) is 14.8. The summed E-state index contributed by atoms with van der Waals surface area (Å²) < 4.78 is 10.1. The molecule has 0 aliphatic carbocycles. The van der Waals surface area contributed by atoms with Gasteiger partial charge in [0.05, 0.1) is 4.92 Å². The summed E-state index contributed by atoms with van der Waals surface area (Å²) in [6.07, 6.45) is 2.54. The third-order valence-corrected chi connectivity index (χ3v) is 3.59. The Morgan fingerprint density at radius 1 is 1.22 bits per heavy atom. The molecule has 0 radical (unpaired) electrons. The minimum absolute atomic E-state index is 0.0338. The lowest BCUT2D eigenvalue weighted by atomic mass is 10.2. The molecule has 10 nitrogen and oxygen atoms in total. The van der Waals surface area contributed by atoms with E-state index in [1.807, 2.05) is 0 Å². The van der Waals surface area contributed by atoms with Crippen molar-refractivity contribution in [3.8, 4) is 11.4 Å². The first kappa shape index (κ1) is 20.0. The van der Waals surface area contributed by atoms with E-state index >= 15 is 0 Å². The zero-order chi connectivity index (χ0) is 19.6. The van der Waals surface area contributed by atoms with Crippen LogP contribution in [0.2, 0.25) is 0 Å². The Balaban J connectivity index is 1.71. The number of nitrogens with zero attached hydrogens (tertiary/aromatic N) is 3. The van der Waals surface area contributed by atoms with Crippen LogP contribution in [0.1, 0.15) is 38.5 Å². The first-order chi connectivity index (χ1) is 13.0. The molecule has 0 saturated carbocycles. The van der Waals surface area contributed by atoms with Crippen LogP contribution in [0.5, 0.6) is 0 Å². The van der Waals surface area contributed by atoms with Gasteiger partial charge in [0.1, 0.15) is 0 Å². The first-order valence-corrected chi connectivity index (χ1v) is 8.43. The normalized spacial score (nSPS) is 10.4. The van der Waals surface area contributed by atoms with Crippen LogP contribution in [0.4, 0.5) is 5.69 Å². The minimum atomic E-state index is -0.495. The first-order valence-electron chi connectivity index (χ1n) is 8.43. The number of unbranched alkanes of at least 4 members (excludes halogenated alkanes) is 2. The van der Waals surface area contributed by atoms with Crippen LogP contribution >= 0.6 is 0 Å². The summed E-state index contributed by atoms with van der Waals surface area (Å²) in [6.45, 7) is 1.92. The van der Waals surface area contributed by atoms with Gasteiger partial charge in [0, 0.05) is 37.6 Å². The smallest absolute Gasteiger partial charge is 0.306 e. The number of aromatic nitrogens is 2. The van der Waals surface area contributed by atoms with E-state index in [1.54, 1.807) is 0 Å². The average Bonchev–Trinajstić information content (AvgIpc) is 3.11. The van der Waals surface area contributed by atoms with Crippen molar-refractivity contribution in [3.05, 3.63) is 40.3 Å². The molecule has 1 N–H and O–H groups in total. The number of nitrogens with one attached hydrogen (secondary N) is 1. The molecule has 27 heavy (non-hydrogen) atoms. The Bertz CT molecular complexity index is 787. The molecule has 144 valence electrons. The molecular formula is C17H20N4O6. The second kappa shape index (κ2) is 10.00. The van der Waals surface area contributed by atoms with Gasteiger partial charge in [0.2, 0.25) is 11.7 Å². The lowest BCUT2D eigenvalue weighted by Gasteiger charge is -2.03. The maximum Gasteiger partial charge on any atom is 0.306 e. The summed E-state index contributed by atoms with van der Waals surface area (Å²) in [4.78, 5) is 36.6. The number of non-ortho nitro benzene ring substituents is 1. The topological polar surface area (TPSA) is 137 Å². The standard InChI is InChI=1S/C17H20N4O6/c1-12(22)18-10-4-2-3-5-16(23)26-11-15-19-17(20-27-15)13-6-8-14(9-7-13)21(24)25/h6-9H,2-5,10-11H2,1H3,(H,18,22). The molecule has 2 aromatic rings. The molecule has 0 fully saturated rings. The third-order valence-electron chi connectivity index (χ3n) is 3.59. The molecule has 0 aliphatic rings. The highest BCUT2D eigenvalue weighted by Gasteiger charge is 2.12. The van der Waals surface area contributed by atoms with Crippen LogP contribution in [0, 0.1) is 10.1 Å². The summed E-state index contributed by atoms with van der Waals surface area (Å²) in [7, 11) is 0. The number of amides is 1. The number of rotatable bonds is 10. The molecule has 0 bridgehead atoms. The van der Waals surface area contributed by atoms with E-state index in [9.17, 15) is 19.7 Å². The molecule has 10 heteroatoms. The van der Waals surface area contributed by atoms with Gasteiger partial charge in [-0.3, -0.25) is 19.7 Å². The fourth-order valence-electron chi connectivity index (χ4n) is 2.21. The minimum Gasteiger partial charge on any atom is -0.456 e. The second-order valence-corrected chi connectivity index (χ2v) is 5.77. The second-order valence-electron chi connectivity index (χ2n) is 5.77. The molecule has 0 atom stereocenters. The highest BCUT2D eigenvalue weighted by molar-refractivity contribution is 5.72. The average molecular weight is 376 g/mol. The molecule has 0 spiro atoms. The van der Waals surface area contributed by atoms with Crippen molar-refractivity contribution >= 4 is 17.6 Å². The summed E-state index contributed by atoms with van der Waals surface area (Å²) in [5.41, 5.74) is 0.523. The number of carbonyl (C=O) groups excluding carboxylic acids is 2. The SMILES string of the molecule is CC(=O)NCCCCCC(=O)OCc1nc(-c2ccc([N+](=O)[O-])cc2)no1. The maximum atomic E-state index is 11.7. The van der Waals surface area contributed by atoms with Crippen LogP contribution in [-0.4, -0.2) is 33.5 Å². The molecule has 2 rings (SSSR count). The summed E-state index contributed by atoms with van der Waals surface area (Å²) in [6, 6.07) is 5.72. The van der Waals surface area contributed by atoms with Crippen LogP contribution in [0.3, 0.4) is 0 Å². The van der Waals surface area contributed by atoms with E-state index in [-0.39, 0.29) is 42.3 Å². The van der Waals surface area contributed by atoms with E-state index in [0.29, 0.717) is 18.5 Å². The Labute approximate surface area is 155 Å². The van der Waals surface area contributed by atoms with Gasteiger partial charge in [0.15, 0.2) is 6.61 Å². The van der Waals surface area contributed by atoms with E-state index in [1.165, 1.54) is 31.2 Å². The van der Waals surface area contributed by atoms with Gasteiger partial charge >= 0.3 is 5.97 Å². The molecule has 1 aromatic heterocycles. The monoisotopic (exact) mass is 376 g/mol. The number of nitro groups is 1. The van der Waals surface area contributed by atoms with Gasteiger partial charge in [-0.25, -0.2) is 0 Å². The van der Waals surface area contributed by atoms with Crippen LogP contribution in [0.15, 0.2) is 28.8 Å². The van der Waals surface area contributed by atoms with Crippen molar-refractivity contribution in [2.45, 2.75) is 39.2 Å². The molecule has 1 amide bonds. The van der Waals surface area contributed by atoms with Gasteiger partial charge < -0.3 is 14.6 Å². The van der Waals surface area contributed by atoms with Crippen molar-refractivity contribution in [3.63, 3.8) is 0 Å². The van der Waals surface area contributed by atoms with E-state index < -0.39 is 4.92 Å². The predicted molar refractivity (Wildman–Crippen MR) is 93.3 cm³/mol. The van der Waals surface area contributed by atoms with Crippen LogP contribution in [-0.2, 0) is 20.9 Å². The number of hydrogen-bond acceptors (Lipinski definition) is 8. The van der Waals surface area contributed by atoms with Crippen molar-refractivity contribution in [2.24, 2.45) is 0 Å². The zero-order valence-electron chi connectivity index (χ0n) is 14.8. The van der Waals surface area contributed by atoms with E-state index in [0.717, 1.165) is 12.8 Å². The Hall–Kier alpha value is -3.30. The lowest BCUT2D eigenvalue weighted by molar-refractivity contribution is -0.384. The van der Waals surface area contributed by atoms with Gasteiger partial charge in [-0.1, -0.05) is 11.6 Å². The molecule has 1 aromatic carbocycles. The van der Waals surface area contributed by atoms with E-state index in [2.05, 4.69) is 15.5 Å². The third kappa shape index (κ3) is 6.84. The van der Waals surface area contributed by atoms with E-state index in [4.69, 9.17) is 9.26 Å². The van der Waals surface area contributed by atoms with Gasteiger partial charge in [-0.05, 0) is 25.0 Å². The largest absolute Gasteiger partial charge is 0.456 e. The summed E-state index contributed by atoms with van der Waals surface area (Å²) >= 11 is 0. The predicted octanol–water partition coefficient (Wildman–Crippen LogP) is 2.38. The fourth-order valence-corrected chi connectivity index (χ4v) is 2.21. The van der Waals surface area contributed by atoms with Crippen molar-refractivity contribution < 1.29 is 23.8 Å². The highest BCUT2D eigenvalue weighted by atomic mass is 16.6. The number of nitro benzene ring substituents is 1. The van der Waals surface area contributed by atoms with Gasteiger partial charge in [0.25, 0.3) is 11.6 Å². The van der Waals surface area contributed by atoms with Gasteiger partial charge in [-0.2, -0.15) is 4.98 Å². The Morgan fingerprint density at radius 3 is 2.63 bits per heavy atom. The summed E-state index contributed by atoms with van der Waals surface area (Å²) in [5.74, 6) is -0.0389. The number of hydrogen-bond donors (Lipinski definition) is 1. The van der Waals surface area contributed by atoms with Gasteiger partial charge in [-0.15, -0.1) is 0 Å². The lowest BCUT2D eigenvalue weighted by Crippen LogP contribution is -2.20. The van der Waals surface area contributed by atoms with Crippen molar-refractivity contribution in [2.75, 3.05) is 6.54 Å². The molecule has 1 heterocycles. The number of esters is 1. The quantitative estimate of drug-likeness (QED) is 0.289.